The molecule has 7 nitrogen and oxygen atoms in total. The lowest BCUT2D eigenvalue weighted by Crippen LogP contribution is -2.14. The van der Waals surface area contributed by atoms with Gasteiger partial charge in [-0.15, -0.1) is 5.10 Å². The molecule has 3 rings (SSSR count). The second-order valence-corrected chi connectivity index (χ2v) is 6.95. The Morgan fingerprint density at radius 3 is 2.86 bits per heavy atom. The van der Waals surface area contributed by atoms with E-state index >= 15 is 0 Å². The van der Waals surface area contributed by atoms with Crippen LogP contribution in [-0.2, 0) is 10.0 Å². The number of aromatic nitrogens is 4. The number of rotatable bonds is 3. The van der Waals surface area contributed by atoms with Gasteiger partial charge in [0.1, 0.15) is 4.90 Å². The van der Waals surface area contributed by atoms with Gasteiger partial charge in [-0.1, -0.05) is 27.5 Å². The lowest BCUT2D eigenvalue weighted by atomic mass is 10.4. The van der Waals surface area contributed by atoms with Gasteiger partial charge in [-0.05, 0) is 24.3 Å². The molecule has 0 saturated heterocycles. The molecule has 0 bridgehead atoms. The molecule has 1 N–H and O–H groups in total. The van der Waals surface area contributed by atoms with Crippen LogP contribution in [0.2, 0.25) is 5.02 Å². The third-order valence-electron chi connectivity index (χ3n) is 2.53. The molecular weight excluding hydrogens is 382 g/mol. The minimum Gasteiger partial charge on any atom is -0.246 e. The van der Waals surface area contributed by atoms with Crippen LogP contribution in [0, 0.1) is 0 Å². The van der Waals surface area contributed by atoms with Crippen LogP contribution in [0.25, 0.3) is 5.78 Å². The molecule has 3 aromatic rings. The van der Waals surface area contributed by atoms with Gasteiger partial charge in [0.05, 0.1) is 5.02 Å². The van der Waals surface area contributed by atoms with Crippen molar-refractivity contribution in [3.8, 4) is 0 Å². The summed E-state index contributed by atoms with van der Waals surface area (Å²) >= 11 is 9.17. The Balaban J connectivity index is 1.99. The van der Waals surface area contributed by atoms with Crippen LogP contribution >= 0.6 is 27.5 Å². The van der Waals surface area contributed by atoms with Crippen molar-refractivity contribution in [1.82, 2.24) is 19.6 Å². The zero-order chi connectivity index (χ0) is 15.0. The van der Waals surface area contributed by atoms with E-state index in [1.165, 1.54) is 22.8 Å². The molecule has 0 unspecified atom stereocenters. The summed E-state index contributed by atoms with van der Waals surface area (Å²) in [5.41, 5.74) is 0. The van der Waals surface area contributed by atoms with Crippen molar-refractivity contribution in [2.75, 3.05) is 4.72 Å². The lowest BCUT2D eigenvalue weighted by molar-refractivity contribution is 0.601. The van der Waals surface area contributed by atoms with E-state index in [4.69, 9.17) is 11.6 Å². The Kier molecular flexibility index (Phi) is 3.56. The quantitative estimate of drug-likeness (QED) is 0.744. The Bertz CT molecular complexity index is 894. The molecule has 0 aliphatic rings. The highest BCUT2D eigenvalue weighted by Gasteiger charge is 2.20. The molecule has 2 aromatic heterocycles. The van der Waals surface area contributed by atoms with Crippen molar-refractivity contribution in [3.63, 3.8) is 0 Å². The van der Waals surface area contributed by atoms with Gasteiger partial charge in [0, 0.05) is 16.9 Å². The van der Waals surface area contributed by atoms with Crippen molar-refractivity contribution >= 4 is 49.3 Å². The molecular formula is C11H7BrClN5O2S. The molecule has 10 heteroatoms. The maximum absolute atomic E-state index is 12.3. The molecule has 21 heavy (non-hydrogen) atoms. The predicted octanol–water partition coefficient (Wildman–Crippen LogP) is 2.34. The number of halogens is 2. The Hall–Kier alpha value is -1.71. The molecule has 0 fully saturated rings. The summed E-state index contributed by atoms with van der Waals surface area (Å²) in [4.78, 5) is 7.87. The number of nitrogens with one attached hydrogen (secondary N) is 1. The lowest BCUT2D eigenvalue weighted by Gasteiger charge is -2.06. The molecule has 0 saturated carbocycles. The summed E-state index contributed by atoms with van der Waals surface area (Å²) in [6.07, 6.45) is 3.15. The van der Waals surface area contributed by atoms with Gasteiger partial charge in [0.15, 0.2) is 0 Å². The summed E-state index contributed by atoms with van der Waals surface area (Å²) in [6, 6.07) is 6.13. The summed E-state index contributed by atoms with van der Waals surface area (Å²) in [5.74, 6) is 0.213. The molecule has 1 aromatic carbocycles. The van der Waals surface area contributed by atoms with E-state index in [0.29, 0.717) is 4.47 Å². The number of fused-ring (bicyclic) bond motifs is 1. The first kappa shape index (κ1) is 14.2. The number of nitrogens with zero attached hydrogens (tertiary/aromatic N) is 4. The number of hydrogen-bond donors (Lipinski definition) is 1. The fraction of sp³-hybridized carbons (Fsp3) is 0. The van der Waals surface area contributed by atoms with E-state index in [1.807, 2.05) is 0 Å². The minimum atomic E-state index is -3.88. The topological polar surface area (TPSA) is 89.2 Å². The predicted molar refractivity (Wildman–Crippen MR) is 80.7 cm³/mol. The van der Waals surface area contributed by atoms with Crippen LogP contribution in [0.15, 0.2) is 46.0 Å². The van der Waals surface area contributed by atoms with Crippen LogP contribution in [0.4, 0.5) is 5.95 Å². The number of benzene rings is 1. The average molecular weight is 389 g/mol. The second-order valence-electron chi connectivity index (χ2n) is 3.98. The van der Waals surface area contributed by atoms with Crippen LogP contribution in [0.3, 0.4) is 0 Å². The molecule has 0 radical (unpaired) electrons. The molecule has 0 amide bonds. The first-order valence-electron chi connectivity index (χ1n) is 5.61. The molecule has 2 heterocycles. The van der Waals surface area contributed by atoms with Crippen molar-refractivity contribution in [3.05, 3.63) is 46.2 Å². The van der Waals surface area contributed by atoms with Crippen LogP contribution in [0.1, 0.15) is 0 Å². The highest BCUT2D eigenvalue weighted by molar-refractivity contribution is 9.10. The van der Waals surface area contributed by atoms with Gasteiger partial charge in [-0.2, -0.15) is 4.98 Å². The first-order chi connectivity index (χ1) is 9.95. The second kappa shape index (κ2) is 5.24. The standard InChI is InChI=1S/C11H7BrClN5O2S/c12-7-2-3-9(8(13)6-7)21(19,20)17-10-15-11-14-4-1-5-18(11)16-10/h1-6H,(H,16,17). The highest BCUT2D eigenvalue weighted by Crippen LogP contribution is 2.26. The van der Waals surface area contributed by atoms with E-state index < -0.39 is 10.0 Å². The van der Waals surface area contributed by atoms with E-state index in [0.717, 1.165) is 0 Å². The summed E-state index contributed by atoms with van der Waals surface area (Å²) in [5, 5.41) is 4.07. The molecule has 0 atom stereocenters. The van der Waals surface area contributed by atoms with Crippen LogP contribution in [-0.4, -0.2) is 28.0 Å². The Morgan fingerprint density at radius 2 is 2.14 bits per heavy atom. The number of anilines is 1. The first-order valence-corrected chi connectivity index (χ1v) is 8.26. The van der Waals surface area contributed by atoms with E-state index in [-0.39, 0.29) is 21.6 Å². The molecule has 0 spiro atoms. The van der Waals surface area contributed by atoms with Crippen molar-refractivity contribution in [1.29, 1.82) is 0 Å². The summed E-state index contributed by atoms with van der Waals surface area (Å²) in [6.45, 7) is 0. The number of sulfonamides is 1. The average Bonchev–Trinajstić information content (AvgIpc) is 2.79. The van der Waals surface area contributed by atoms with E-state index in [1.54, 1.807) is 18.3 Å². The summed E-state index contributed by atoms with van der Waals surface area (Å²) < 4.78 is 28.9. The zero-order valence-electron chi connectivity index (χ0n) is 10.2. The largest absolute Gasteiger partial charge is 0.265 e. The van der Waals surface area contributed by atoms with E-state index in [2.05, 4.69) is 35.7 Å². The minimum absolute atomic E-state index is 0.0563. The van der Waals surface area contributed by atoms with E-state index in [9.17, 15) is 8.42 Å². The molecule has 0 aliphatic heterocycles. The third kappa shape index (κ3) is 2.85. The van der Waals surface area contributed by atoms with Crippen molar-refractivity contribution in [2.45, 2.75) is 4.90 Å². The van der Waals surface area contributed by atoms with Crippen LogP contribution < -0.4 is 4.72 Å². The Morgan fingerprint density at radius 1 is 1.33 bits per heavy atom. The fourth-order valence-electron chi connectivity index (χ4n) is 1.64. The summed E-state index contributed by atoms with van der Waals surface area (Å²) in [7, 11) is -3.88. The highest BCUT2D eigenvalue weighted by atomic mass is 79.9. The molecule has 0 aliphatic carbocycles. The zero-order valence-corrected chi connectivity index (χ0v) is 13.4. The monoisotopic (exact) mass is 387 g/mol. The van der Waals surface area contributed by atoms with Crippen molar-refractivity contribution in [2.24, 2.45) is 0 Å². The molecule has 108 valence electrons. The van der Waals surface area contributed by atoms with Gasteiger partial charge in [-0.25, -0.2) is 22.6 Å². The van der Waals surface area contributed by atoms with Gasteiger partial charge in [0.2, 0.25) is 0 Å². The fourth-order valence-corrected chi connectivity index (χ4v) is 3.62. The van der Waals surface area contributed by atoms with Gasteiger partial charge in [0.25, 0.3) is 21.7 Å². The smallest absolute Gasteiger partial charge is 0.246 e. The van der Waals surface area contributed by atoms with Gasteiger partial charge < -0.3 is 0 Å². The normalized spacial score (nSPS) is 11.7. The van der Waals surface area contributed by atoms with Crippen LogP contribution in [0.5, 0.6) is 0 Å². The maximum atomic E-state index is 12.3. The van der Waals surface area contributed by atoms with Gasteiger partial charge >= 0.3 is 0 Å². The van der Waals surface area contributed by atoms with Crippen molar-refractivity contribution < 1.29 is 8.42 Å². The SMILES string of the molecule is O=S(=O)(Nc1nc2ncccn2n1)c1ccc(Br)cc1Cl. The van der Waals surface area contributed by atoms with Gasteiger partial charge in [-0.3, -0.25) is 0 Å². The Labute approximate surface area is 133 Å². The maximum Gasteiger partial charge on any atom is 0.265 e. The third-order valence-corrected chi connectivity index (χ3v) is 4.83. The number of hydrogen-bond acceptors (Lipinski definition) is 5.